The Balaban J connectivity index is 4.70. The number of hydrogen-bond donors (Lipinski definition) is 1. The Kier molecular flexibility index (Phi) is 10.0. The molecule has 0 rings (SSSR count). The molecular formula is C18H36N2O4Si. The first-order chi connectivity index (χ1) is 11.5. The lowest BCUT2D eigenvalue weighted by Gasteiger charge is -2.37. The van der Waals surface area contributed by atoms with Crippen molar-refractivity contribution in [2.75, 3.05) is 27.3 Å². The Morgan fingerprint density at radius 1 is 1.28 bits per heavy atom. The second-order valence-electron chi connectivity index (χ2n) is 7.80. The molecule has 0 fully saturated rings. The van der Waals surface area contributed by atoms with Gasteiger partial charge in [0.1, 0.15) is 0 Å². The van der Waals surface area contributed by atoms with E-state index in [1.807, 2.05) is 6.08 Å². The molecule has 0 aromatic rings. The molecule has 0 spiro atoms. The minimum atomic E-state index is -2.02. The smallest absolute Gasteiger partial charge is 0.330 e. The molecule has 0 radical (unpaired) electrons. The maximum absolute atomic E-state index is 12.3. The lowest BCUT2D eigenvalue weighted by molar-refractivity contribution is -0.143. The highest BCUT2D eigenvalue weighted by molar-refractivity contribution is 6.74. The van der Waals surface area contributed by atoms with Gasteiger partial charge in [0.15, 0.2) is 14.4 Å². The third kappa shape index (κ3) is 8.53. The lowest BCUT2D eigenvalue weighted by atomic mass is 10.2. The zero-order valence-electron chi connectivity index (χ0n) is 17.0. The van der Waals surface area contributed by atoms with Crippen molar-refractivity contribution >= 4 is 20.3 Å². The number of nitrogens with one attached hydrogen (secondary N) is 1. The third-order valence-corrected chi connectivity index (χ3v) is 9.20. The fourth-order valence-electron chi connectivity index (χ4n) is 1.82. The standard InChI is InChI=1S/C18H36N2O4Si/c1-9-10-11-12-13-20(5)17(22)19-15(16(21)23-6)14-24-25(7,8)18(2,3)4/h9,15H,1,10-14H2,2-8H3,(H,19,22)/t15-/m0/s1. The van der Waals surface area contributed by atoms with E-state index in [-0.39, 0.29) is 17.7 Å². The van der Waals surface area contributed by atoms with E-state index in [1.165, 1.54) is 7.11 Å². The molecule has 0 aromatic heterocycles. The SMILES string of the molecule is C=CCCCCN(C)C(=O)N[C@@H](CO[Si](C)(C)C(C)(C)C)C(=O)OC. The maximum atomic E-state index is 12.3. The van der Waals surface area contributed by atoms with Gasteiger partial charge in [-0.15, -0.1) is 6.58 Å². The number of esters is 1. The van der Waals surface area contributed by atoms with E-state index in [1.54, 1.807) is 11.9 Å². The van der Waals surface area contributed by atoms with Gasteiger partial charge in [-0.1, -0.05) is 26.8 Å². The van der Waals surface area contributed by atoms with Crippen molar-refractivity contribution in [1.82, 2.24) is 10.2 Å². The van der Waals surface area contributed by atoms with Gasteiger partial charge in [0.25, 0.3) is 0 Å². The summed E-state index contributed by atoms with van der Waals surface area (Å²) >= 11 is 0. The highest BCUT2D eigenvalue weighted by Crippen LogP contribution is 2.36. The Morgan fingerprint density at radius 3 is 2.36 bits per heavy atom. The monoisotopic (exact) mass is 372 g/mol. The van der Waals surface area contributed by atoms with E-state index >= 15 is 0 Å². The summed E-state index contributed by atoms with van der Waals surface area (Å²) in [6, 6.07) is -1.10. The van der Waals surface area contributed by atoms with E-state index in [0.717, 1.165) is 19.3 Å². The molecule has 0 aliphatic carbocycles. The number of carbonyl (C=O) groups excluding carboxylic acids is 2. The summed E-state index contributed by atoms with van der Waals surface area (Å²) in [4.78, 5) is 25.9. The summed E-state index contributed by atoms with van der Waals surface area (Å²) in [5, 5.41) is 2.75. The van der Waals surface area contributed by atoms with Gasteiger partial charge >= 0.3 is 12.0 Å². The molecule has 0 saturated carbocycles. The number of unbranched alkanes of at least 4 members (excludes halogenated alkanes) is 2. The van der Waals surface area contributed by atoms with E-state index in [4.69, 9.17) is 9.16 Å². The molecule has 0 aliphatic heterocycles. The van der Waals surface area contributed by atoms with E-state index < -0.39 is 20.3 Å². The summed E-state index contributed by atoms with van der Waals surface area (Å²) in [5.74, 6) is -0.493. The molecule has 0 bridgehead atoms. The van der Waals surface area contributed by atoms with Crippen molar-refractivity contribution in [3.8, 4) is 0 Å². The molecule has 2 amide bonds. The van der Waals surface area contributed by atoms with Crippen LogP contribution in [-0.2, 0) is 14.0 Å². The molecule has 0 aliphatic rings. The third-order valence-electron chi connectivity index (χ3n) is 4.70. The summed E-state index contributed by atoms with van der Waals surface area (Å²) in [7, 11) is 1.01. The van der Waals surface area contributed by atoms with Crippen LogP contribution in [0.4, 0.5) is 4.79 Å². The van der Waals surface area contributed by atoms with Gasteiger partial charge in [0.05, 0.1) is 13.7 Å². The second-order valence-corrected chi connectivity index (χ2v) is 12.6. The van der Waals surface area contributed by atoms with Gasteiger partial charge in [-0.3, -0.25) is 0 Å². The zero-order chi connectivity index (χ0) is 19.7. The van der Waals surface area contributed by atoms with Crippen LogP contribution in [0.2, 0.25) is 18.1 Å². The van der Waals surface area contributed by atoms with Crippen molar-refractivity contribution in [2.45, 2.75) is 64.2 Å². The summed E-state index contributed by atoms with van der Waals surface area (Å²) in [6.45, 7) is 15.0. The van der Waals surface area contributed by atoms with Gasteiger partial charge in [-0.05, 0) is 37.4 Å². The van der Waals surface area contributed by atoms with Crippen LogP contribution in [0.3, 0.4) is 0 Å². The Morgan fingerprint density at radius 2 is 1.88 bits per heavy atom. The first-order valence-electron chi connectivity index (χ1n) is 8.80. The molecule has 1 atom stereocenters. The highest BCUT2D eigenvalue weighted by Gasteiger charge is 2.38. The number of ether oxygens (including phenoxy) is 1. The molecule has 7 heteroatoms. The lowest BCUT2D eigenvalue weighted by Crippen LogP contribution is -2.52. The molecule has 146 valence electrons. The quantitative estimate of drug-likeness (QED) is 0.276. The van der Waals surface area contributed by atoms with Crippen LogP contribution >= 0.6 is 0 Å². The predicted octanol–water partition coefficient (Wildman–Crippen LogP) is 3.55. The van der Waals surface area contributed by atoms with Gasteiger partial charge in [-0.2, -0.15) is 0 Å². The van der Waals surface area contributed by atoms with Crippen molar-refractivity contribution in [3.63, 3.8) is 0 Å². The van der Waals surface area contributed by atoms with E-state index in [0.29, 0.717) is 6.54 Å². The Hall–Kier alpha value is -1.34. The number of urea groups is 1. The number of allylic oxidation sites excluding steroid dienone is 1. The number of nitrogens with zero attached hydrogens (tertiary/aromatic N) is 1. The fraction of sp³-hybridized carbons (Fsp3) is 0.778. The van der Waals surface area contributed by atoms with Crippen LogP contribution < -0.4 is 5.32 Å². The topological polar surface area (TPSA) is 67.9 Å². The first kappa shape index (κ1) is 23.7. The Labute approximate surface area is 154 Å². The predicted molar refractivity (Wildman–Crippen MR) is 104 cm³/mol. The summed E-state index contributed by atoms with van der Waals surface area (Å²) in [5.41, 5.74) is 0. The minimum Gasteiger partial charge on any atom is -0.467 e. The molecule has 6 nitrogen and oxygen atoms in total. The molecule has 25 heavy (non-hydrogen) atoms. The first-order valence-corrected chi connectivity index (χ1v) is 11.7. The molecule has 1 N–H and O–H groups in total. The molecular weight excluding hydrogens is 336 g/mol. The number of rotatable bonds is 10. The summed E-state index contributed by atoms with van der Waals surface area (Å²) < 4.78 is 10.9. The van der Waals surface area contributed by atoms with Crippen molar-refractivity contribution < 1.29 is 18.8 Å². The van der Waals surface area contributed by atoms with Gasteiger partial charge in [-0.25, -0.2) is 9.59 Å². The molecule has 0 aromatic carbocycles. The number of hydrogen-bond acceptors (Lipinski definition) is 4. The largest absolute Gasteiger partial charge is 0.467 e. The fourth-order valence-corrected chi connectivity index (χ4v) is 2.83. The number of methoxy groups -OCH3 is 1. The second kappa shape index (κ2) is 10.6. The van der Waals surface area contributed by atoms with Gasteiger partial charge in [0, 0.05) is 13.6 Å². The average Bonchev–Trinajstić information content (AvgIpc) is 2.53. The zero-order valence-corrected chi connectivity index (χ0v) is 18.0. The van der Waals surface area contributed by atoms with Crippen LogP contribution in [0.15, 0.2) is 12.7 Å². The van der Waals surface area contributed by atoms with Crippen molar-refractivity contribution in [2.24, 2.45) is 0 Å². The van der Waals surface area contributed by atoms with Crippen LogP contribution in [-0.4, -0.2) is 58.6 Å². The summed E-state index contributed by atoms with van der Waals surface area (Å²) in [6.07, 6.45) is 4.67. The normalized spacial score (nSPS) is 13.1. The van der Waals surface area contributed by atoms with Crippen LogP contribution in [0.1, 0.15) is 40.0 Å². The molecule has 0 unspecified atom stereocenters. The molecule has 0 heterocycles. The van der Waals surface area contributed by atoms with Crippen molar-refractivity contribution in [3.05, 3.63) is 12.7 Å². The van der Waals surface area contributed by atoms with E-state index in [2.05, 4.69) is 45.8 Å². The minimum absolute atomic E-state index is 0.0274. The highest BCUT2D eigenvalue weighted by atomic mass is 28.4. The van der Waals surface area contributed by atoms with Crippen LogP contribution in [0, 0.1) is 0 Å². The van der Waals surface area contributed by atoms with E-state index in [9.17, 15) is 9.59 Å². The van der Waals surface area contributed by atoms with Crippen molar-refractivity contribution in [1.29, 1.82) is 0 Å². The maximum Gasteiger partial charge on any atom is 0.330 e. The van der Waals surface area contributed by atoms with Crippen LogP contribution in [0.25, 0.3) is 0 Å². The number of amides is 2. The number of carbonyl (C=O) groups is 2. The van der Waals surface area contributed by atoms with Gasteiger partial charge < -0.3 is 19.4 Å². The van der Waals surface area contributed by atoms with Gasteiger partial charge in [0.2, 0.25) is 0 Å². The average molecular weight is 373 g/mol. The van der Waals surface area contributed by atoms with Crippen LogP contribution in [0.5, 0.6) is 0 Å². The molecule has 0 saturated heterocycles. The Bertz CT molecular complexity index is 447.